The SMILES string of the molecule is O=C(CN1CCN(c2ccccn2)CC1)N1CCO[C@@H]2CCCC[C@@H]21. The average molecular weight is 344 g/mol. The molecular formula is C19H28N4O2. The third kappa shape index (κ3) is 3.80. The lowest BCUT2D eigenvalue weighted by molar-refractivity contribution is -0.150. The second-order valence-electron chi connectivity index (χ2n) is 7.30. The Morgan fingerprint density at radius 1 is 1.12 bits per heavy atom. The molecule has 25 heavy (non-hydrogen) atoms. The van der Waals surface area contributed by atoms with Crippen molar-refractivity contribution in [3.8, 4) is 0 Å². The second-order valence-corrected chi connectivity index (χ2v) is 7.30. The molecule has 0 N–H and O–H groups in total. The van der Waals surface area contributed by atoms with Gasteiger partial charge in [-0.2, -0.15) is 0 Å². The summed E-state index contributed by atoms with van der Waals surface area (Å²) in [7, 11) is 0. The highest BCUT2D eigenvalue weighted by molar-refractivity contribution is 5.79. The summed E-state index contributed by atoms with van der Waals surface area (Å²) in [5.74, 6) is 1.32. The Bertz CT molecular complexity index is 572. The van der Waals surface area contributed by atoms with Gasteiger partial charge in [0.15, 0.2) is 0 Å². The quantitative estimate of drug-likeness (QED) is 0.829. The highest BCUT2D eigenvalue weighted by Crippen LogP contribution is 2.28. The van der Waals surface area contributed by atoms with Gasteiger partial charge in [0.05, 0.1) is 25.3 Å². The molecule has 1 aromatic heterocycles. The largest absolute Gasteiger partial charge is 0.374 e. The van der Waals surface area contributed by atoms with Gasteiger partial charge >= 0.3 is 0 Å². The topological polar surface area (TPSA) is 48.9 Å². The lowest BCUT2D eigenvalue weighted by Gasteiger charge is -2.44. The Kier molecular flexibility index (Phi) is 5.17. The molecule has 6 heteroatoms. The predicted octanol–water partition coefficient (Wildman–Crippen LogP) is 1.37. The van der Waals surface area contributed by atoms with Gasteiger partial charge in [-0.05, 0) is 25.0 Å². The van der Waals surface area contributed by atoms with Gasteiger partial charge in [-0.25, -0.2) is 4.98 Å². The number of ether oxygens (including phenoxy) is 1. The highest BCUT2D eigenvalue weighted by atomic mass is 16.5. The number of hydrogen-bond donors (Lipinski definition) is 0. The van der Waals surface area contributed by atoms with Gasteiger partial charge in [-0.3, -0.25) is 9.69 Å². The molecule has 1 aliphatic carbocycles. The van der Waals surface area contributed by atoms with Crippen molar-refractivity contribution in [1.29, 1.82) is 0 Å². The zero-order valence-electron chi connectivity index (χ0n) is 14.8. The van der Waals surface area contributed by atoms with Crippen LogP contribution in [0.15, 0.2) is 24.4 Å². The van der Waals surface area contributed by atoms with Gasteiger partial charge < -0.3 is 14.5 Å². The number of amides is 1. The maximum atomic E-state index is 12.9. The number of nitrogens with zero attached hydrogens (tertiary/aromatic N) is 4. The van der Waals surface area contributed by atoms with E-state index in [1.54, 1.807) is 0 Å². The molecule has 2 saturated heterocycles. The van der Waals surface area contributed by atoms with E-state index in [2.05, 4.69) is 25.8 Å². The molecule has 0 radical (unpaired) electrons. The smallest absolute Gasteiger partial charge is 0.237 e. The van der Waals surface area contributed by atoms with Crippen LogP contribution in [0.3, 0.4) is 0 Å². The highest BCUT2D eigenvalue weighted by Gasteiger charge is 2.37. The molecule has 0 spiro atoms. The minimum absolute atomic E-state index is 0.271. The van der Waals surface area contributed by atoms with Crippen molar-refractivity contribution in [2.75, 3.05) is 50.8 Å². The van der Waals surface area contributed by atoms with Gasteiger partial charge in [-0.1, -0.05) is 18.9 Å². The Labute approximate surface area is 149 Å². The number of carbonyl (C=O) groups is 1. The molecule has 1 aromatic rings. The lowest BCUT2D eigenvalue weighted by atomic mass is 9.90. The van der Waals surface area contributed by atoms with E-state index in [0.717, 1.165) is 51.4 Å². The van der Waals surface area contributed by atoms with Crippen LogP contribution in [0.25, 0.3) is 0 Å². The summed E-state index contributed by atoms with van der Waals surface area (Å²) in [5, 5.41) is 0. The minimum atomic E-state index is 0.271. The van der Waals surface area contributed by atoms with Crippen molar-refractivity contribution >= 4 is 11.7 Å². The molecule has 3 heterocycles. The van der Waals surface area contributed by atoms with Gasteiger partial charge in [0, 0.05) is 38.9 Å². The fourth-order valence-electron chi connectivity index (χ4n) is 4.36. The van der Waals surface area contributed by atoms with Crippen LogP contribution in [0.5, 0.6) is 0 Å². The van der Waals surface area contributed by atoms with Crippen molar-refractivity contribution in [1.82, 2.24) is 14.8 Å². The molecule has 0 aromatic carbocycles. The Morgan fingerprint density at radius 3 is 2.76 bits per heavy atom. The molecule has 136 valence electrons. The standard InChI is InChI=1S/C19H28N4O2/c24-19(23-13-14-25-17-6-2-1-5-16(17)23)15-21-9-11-22(12-10-21)18-7-3-4-8-20-18/h3-4,7-8,16-17H,1-2,5-6,9-15H2/t16-,17+/m0/s1. The Balaban J connectivity index is 1.30. The van der Waals surface area contributed by atoms with Crippen LogP contribution in [0.2, 0.25) is 0 Å². The first-order valence-electron chi connectivity index (χ1n) is 9.61. The predicted molar refractivity (Wildman–Crippen MR) is 96.6 cm³/mol. The summed E-state index contributed by atoms with van der Waals surface area (Å²) in [4.78, 5) is 24.0. The van der Waals surface area contributed by atoms with Crippen LogP contribution in [-0.4, -0.2) is 78.7 Å². The van der Waals surface area contributed by atoms with Gasteiger partial charge in [0.2, 0.25) is 5.91 Å². The van der Waals surface area contributed by atoms with Crippen molar-refractivity contribution in [2.24, 2.45) is 0 Å². The van der Waals surface area contributed by atoms with E-state index >= 15 is 0 Å². The monoisotopic (exact) mass is 344 g/mol. The first-order valence-corrected chi connectivity index (χ1v) is 9.61. The first-order chi connectivity index (χ1) is 12.3. The summed E-state index contributed by atoms with van der Waals surface area (Å²) in [5.41, 5.74) is 0. The summed E-state index contributed by atoms with van der Waals surface area (Å²) in [6.45, 7) is 5.69. The van der Waals surface area contributed by atoms with Gasteiger partial charge in [0.25, 0.3) is 0 Å². The van der Waals surface area contributed by atoms with Crippen LogP contribution in [0.1, 0.15) is 25.7 Å². The van der Waals surface area contributed by atoms with Crippen molar-refractivity contribution < 1.29 is 9.53 Å². The fourth-order valence-corrected chi connectivity index (χ4v) is 4.36. The minimum Gasteiger partial charge on any atom is -0.374 e. The summed E-state index contributed by atoms with van der Waals surface area (Å²) in [6, 6.07) is 6.33. The zero-order valence-corrected chi connectivity index (χ0v) is 14.8. The van der Waals surface area contributed by atoms with E-state index in [9.17, 15) is 4.79 Å². The number of fused-ring (bicyclic) bond motifs is 1. The van der Waals surface area contributed by atoms with E-state index in [0.29, 0.717) is 19.2 Å². The molecule has 2 atom stereocenters. The maximum absolute atomic E-state index is 12.9. The van der Waals surface area contributed by atoms with E-state index in [1.165, 1.54) is 12.8 Å². The molecule has 3 aliphatic rings. The Morgan fingerprint density at radius 2 is 1.96 bits per heavy atom. The number of hydrogen-bond acceptors (Lipinski definition) is 5. The normalized spacial score (nSPS) is 27.8. The van der Waals surface area contributed by atoms with Crippen LogP contribution in [0.4, 0.5) is 5.82 Å². The number of pyridine rings is 1. The maximum Gasteiger partial charge on any atom is 0.237 e. The number of piperazine rings is 1. The molecular weight excluding hydrogens is 316 g/mol. The van der Waals surface area contributed by atoms with Crippen LogP contribution >= 0.6 is 0 Å². The lowest BCUT2D eigenvalue weighted by Crippen LogP contribution is -2.58. The van der Waals surface area contributed by atoms with Crippen LogP contribution in [0, 0.1) is 0 Å². The van der Waals surface area contributed by atoms with E-state index in [4.69, 9.17) is 4.74 Å². The molecule has 4 rings (SSSR count). The zero-order chi connectivity index (χ0) is 17.1. The third-order valence-corrected chi connectivity index (χ3v) is 5.76. The molecule has 0 unspecified atom stereocenters. The molecule has 6 nitrogen and oxygen atoms in total. The Hall–Kier alpha value is -1.66. The average Bonchev–Trinajstić information content (AvgIpc) is 2.69. The first kappa shape index (κ1) is 16.8. The number of anilines is 1. The third-order valence-electron chi connectivity index (χ3n) is 5.76. The second kappa shape index (κ2) is 7.70. The summed E-state index contributed by atoms with van der Waals surface area (Å²) < 4.78 is 5.89. The summed E-state index contributed by atoms with van der Waals surface area (Å²) in [6.07, 6.45) is 6.77. The van der Waals surface area contributed by atoms with Crippen LogP contribution in [-0.2, 0) is 9.53 Å². The van der Waals surface area contributed by atoms with Crippen molar-refractivity contribution in [3.05, 3.63) is 24.4 Å². The van der Waals surface area contributed by atoms with Crippen molar-refractivity contribution in [2.45, 2.75) is 37.8 Å². The molecule has 0 bridgehead atoms. The van der Waals surface area contributed by atoms with Gasteiger partial charge in [-0.15, -0.1) is 0 Å². The molecule has 1 saturated carbocycles. The van der Waals surface area contributed by atoms with Crippen LogP contribution < -0.4 is 4.90 Å². The number of morpholine rings is 1. The van der Waals surface area contributed by atoms with E-state index in [-0.39, 0.29) is 12.0 Å². The number of carbonyl (C=O) groups excluding carboxylic acids is 1. The van der Waals surface area contributed by atoms with Gasteiger partial charge in [0.1, 0.15) is 5.82 Å². The van der Waals surface area contributed by atoms with E-state index in [1.807, 2.05) is 18.3 Å². The van der Waals surface area contributed by atoms with E-state index < -0.39 is 0 Å². The fraction of sp³-hybridized carbons (Fsp3) is 0.684. The number of aromatic nitrogens is 1. The molecule has 3 fully saturated rings. The molecule has 2 aliphatic heterocycles. The summed E-state index contributed by atoms with van der Waals surface area (Å²) >= 11 is 0. The molecule has 1 amide bonds. The van der Waals surface area contributed by atoms with Crippen molar-refractivity contribution in [3.63, 3.8) is 0 Å². The number of rotatable bonds is 3.